The molecular formula is C12H19NO3. The molecule has 0 saturated carbocycles. The van der Waals surface area contributed by atoms with E-state index in [0.717, 1.165) is 22.4 Å². The van der Waals surface area contributed by atoms with Crippen LogP contribution in [0.5, 0.6) is 5.75 Å². The van der Waals surface area contributed by atoms with Crippen LogP contribution in [0.2, 0.25) is 0 Å². The van der Waals surface area contributed by atoms with E-state index < -0.39 is 12.2 Å². The average Bonchev–Trinajstić information content (AvgIpc) is 2.26. The predicted molar refractivity (Wildman–Crippen MR) is 62.5 cm³/mol. The van der Waals surface area contributed by atoms with E-state index in [1.54, 1.807) is 7.11 Å². The Bertz CT molecular complexity index is 342. The molecule has 16 heavy (non-hydrogen) atoms. The van der Waals surface area contributed by atoms with Gasteiger partial charge in [-0.1, -0.05) is 0 Å². The summed E-state index contributed by atoms with van der Waals surface area (Å²) < 4.78 is 5.13. The minimum atomic E-state index is -0.948. The fraction of sp³-hybridized carbons (Fsp3) is 0.500. The summed E-state index contributed by atoms with van der Waals surface area (Å²) >= 11 is 0. The van der Waals surface area contributed by atoms with Crippen molar-refractivity contribution in [2.24, 2.45) is 5.73 Å². The first-order chi connectivity index (χ1) is 7.51. The van der Waals surface area contributed by atoms with E-state index in [9.17, 15) is 10.2 Å². The summed E-state index contributed by atoms with van der Waals surface area (Å²) in [7, 11) is 1.60. The average molecular weight is 225 g/mol. The second-order valence-electron chi connectivity index (χ2n) is 3.92. The Hall–Kier alpha value is -1.10. The Morgan fingerprint density at radius 2 is 1.75 bits per heavy atom. The highest BCUT2D eigenvalue weighted by Crippen LogP contribution is 2.28. The summed E-state index contributed by atoms with van der Waals surface area (Å²) in [5.74, 6) is 0.744. The first-order valence-corrected chi connectivity index (χ1v) is 5.22. The van der Waals surface area contributed by atoms with E-state index >= 15 is 0 Å². The van der Waals surface area contributed by atoms with Gasteiger partial charge in [-0.15, -0.1) is 0 Å². The molecule has 0 saturated heterocycles. The van der Waals surface area contributed by atoms with Gasteiger partial charge in [0.2, 0.25) is 0 Å². The molecule has 0 bridgehead atoms. The van der Waals surface area contributed by atoms with Crippen LogP contribution >= 0.6 is 0 Å². The van der Waals surface area contributed by atoms with Crippen LogP contribution in [0.4, 0.5) is 0 Å². The Kier molecular flexibility index (Phi) is 4.29. The Balaban J connectivity index is 3.14. The van der Waals surface area contributed by atoms with Crippen molar-refractivity contribution in [3.63, 3.8) is 0 Å². The van der Waals surface area contributed by atoms with Crippen LogP contribution in [-0.2, 0) is 0 Å². The quantitative estimate of drug-likeness (QED) is 0.704. The van der Waals surface area contributed by atoms with Gasteiger partial charge < -0.3 is 20.7 Å². The molecule has 4 nitrogen and oxygen atoms in total. The Morgan fingerprint density at radius 1 is 1.25 bits per heavy atom. The van der Waals surface area contributed by atoms with Crippen LogP contribution in [-0.4, -0.2) is 30.0 Å². The summed E-state index contributed by atoms with van der Waals surface area (Å²) in [6, 6.07) is 3.66. The van der Waals surface area contributed by atoms with Crippen molar-refractivity contribution in [1.29, 1.82) is 0 Å². The molecule has 0 aromatic heterocycles. The number of aliphatic hydroxyl groups excluding tert-OH is 2. The van der Waals surface area contributed by atoms with Gasteiger partial charge in [-0.3, -0.25) is 0 Å². The summed E-state index contributed by atoms with van der Waals surface area (Å²) in [5, 5.41) is 19.5. The molecule has 1 rings (SSSR count). The number of hydrogen-bond donors (Lipinski definition) is 3. The number of nitrogens with two attached hydrogens (primary N) is 1. The highest BCUT2D eigenvalue weighted by molar-refractivity contribution is 5.42. The molecule has 2 unspecified atom stereocenters. The zero-order valence-electron chi connectivity index (χ0n) is 9.90. The summed E-state index contributed by atoms with van der Waals surface area (Å²) in [6.07, 6.45) is -1.89. The topological polar surface area (TPSA) is 75.7 Å². The van der Waals surface area contributed by atoms with E-state index in [-0.39, 0.29) is 6.54 Å². The van der Waals surface area contributed by atoms with Crippen molar-refractivity contribution in [3.8, 4) is 5.75 Å². The van der Waals surface area contributed by atoms with Crippen LogP contribution in [0, 0.1) is 13.8 Å². The number of aryl methyl sites for hydroxylation is 2. The standard InChI is InChI=1S/C12H19NO3/c1-7-4-9(16-3)5-8(2)11(7)12(15)10(14)6-13/h4-5,10,12,14-15H,6,13H2,1-3H3. The number of benzene rings is 1. The van der Waals surface area contributed by atoms with Gasteiger partial charge in [-0.2, -0.15) is 0 Å². The van der Waals surface area contributed by atoms with Crippen LogP contribution in [0.25, 0.3) is 0 Å². The lowest BCUT2D eigenvalue weighted by Gasteiger charge is -2.21. The molecule has 0 fully saturated rings. The normalized spacial score (nSPS) is 14.6. The first-order valence-electron chi connectivity index (χ1n) is 5.22. The summed E-state index contributed by atoms with van der Waals surface area (Å²) in [4.78, 5) is 0. The van der Waals surface area contributed by atoms with Gasteiger partial charge in [0.1, 0.15) is 11.9 Å². The van der Waals surface area contributed by atoms with Crippen molar-refractivity contribution < 1.29 is 14.9 Å². The van der Waals surface area contributed by atoms with Gasteiger partial charge in [0.05, 0.1) is 13.2 Å². The second kappa shape index (κ2) is 5.30. The number of rotatable bonds is 4. The number of hydrogen-bond acceptors (Lipinski definition) is 4. The second-order valence-corrected chi connectivity index (χ2v) is 3.92. The van der Waals surface area contributed by atoms with Gasteiger partial charge in [-0.05, 0) is 42.7 Å². The third-order valence-electron chi connectivity index (χ3n) is 2.70. The smallest absolute Gasteiger partial charge is 0.119 e. The van der Waals surface area contributed by atoms with Gasteiger partial charge in [0.25, 0.3) is 0 Å². The molecule has 0 aliphatic heterocycles. The molecular weight excluding hydrogens is 206 g/mol. The molecule has 0 aliphatic carbocycles. The SMILES string of the molecule is COc1cc(C)c(C(O)C(O)CN)c(C)c1. The van der Waals surface area contributed by atoms with E-state index in [4.69, 9.17) is 10.5 Å². The first kappa shape index (κ1) is 13.0. The van der Waals surface area contributed by atoms with E-state index in [1.807, 2.05) is 26.0 Å². The van der Waals surface area contributed by atoms with Gasteiger partial charge in [-0.25, -0.2) is 0 Å². The predicted octanol–water partition coefficient (Wildman–Crippen LogP) is 0.665. The minimum Gasteiger partial charge on any atom is -0.497 e. The lowest BCUT2D eigenvalue weighted by molar-refractivity contribution is 0.0235. The molecule has 1 aromatic rings. The number of ether oxygens (including phenoxy) is 1. The molecule has 90 valence electrons. The molecule has 2 atom stereocenters. The zero-order valence-corrected chi connectivity index (χ0v) is 9.90. The van der Waals surface area contributed by atoms with Gasteiger partial charge in [0, 0.05) is 6.54 Å². The highest BCUT2D eigenvalue weighted by atomic mass is 16.5. The van der Waals surface area contributed by atoms with Crippen molar-refractivity contribution in [2.45, 2.75) is 26.1 Å². The zero-order chi connectivity index (χ0) is 12.3. The summed E-state index contributed by atoms with van der Waals surface area (Å²) in [6.45, 7) is 3.78. The van der Waals surface area contributed by atoms with Crippen molar-refractivity contribution >= 4 is 0 Å². The lowest BCUT2D eigenvalue weighted by atomic mass is 9.94. The van der Waals surface area contributed by atoms with Crippen molar-refractivity contribution in [3.05, 3.63) is 28.8 Å². The lowest BCUT2D eigenvalue weighted by Crippen LogP contribution is -2.28. The monoisotopic (exact) mass is 225 g/mol. The highest BCUT2D eigenvalue weighted by Gasteiger charge is 2.21. The van der Waals surface area contributed by atoms with Crippen LogP contribution in [0.3, 0.4) is 0 Å². The Labute approximate surface area is 95.7 Å². The third-order valence-corrected chi connectivity index (χ3v) is 2.70. The van der Waals surface area contributed by atoms with E-state index in [0.29, 0.717) is 0 Å². The maximum atomic E-state index is 9.94. The van der Waals surface area contributed by atoms with Crippen LogP contribution in [0.15, 0.2) is 12.1 Å². The molecule has 0 radical (unpaired) electrons. The minimum absolute atomic E-state index is 0.0338. The van der Waals surface area contributed by atoms with E-state index in [2.05, 4.69) is 0 Å². The van der Waals surface area contributed by atoms with E-state index in [1.165, 1.54) is 0 Å². The fourth-order valence-corrected chi connectivity index (χ4v) is 1.84. The van der Waals surface area contributed by atoms with Crippen molar-refractivity contribution in [1.82, 2.24) is 0 Å². The number of aliphatic hydroxyl groups is 2. The van der Waals surface area contributed by atoms with Crippen LogP contribution < -0.4 is 10.5 Å². The largest absolute Gasteiger partial charge is 0.497 e. The molecule has 0 aliphatic rings. The molecule has 4 N–H and O–H groups in total. The number of methoxy groups -OCH3 is 1. The summed E-state index contributed by atoms with van der Waals surface area (Å²) in [5.41, 5.74) is 7.82. The fourth-order valence-electron chi connectivity index (χ4n) is 1.84. The van der Waals surface area contributed by atoms with Crippen molar-refractivity contribution in [2.75, 3.05) is 13.7 Å². The van der Waals surface area contributed by atoms with Gasteiger partial charge in [0.15, 0.2) is 0 Å². The Morgan fingerprint density at radius 3 is 2.12 bits per heavy atom. The molecule has 1 aromatic carbocycles. The molecule has 4 heteroatoms. The molecule has 0 spiro atoms. The maximum Gasteiger partial charge on any atom is 0.119 e. The molecule has 0 amide bonds. The van der Waals surface area contributed by atoms with Crippen LogP contribution in [0.1, 0.15) is 22.8 Å². The maximum absolute atomic E-state index is 9.94. The molecule has 0 heterocycles. The van der Waals surface area contributed by atoms with Gasteiger partial charge >= 0.3 is 0 Å². The third kappa shape index (κ3) is 2.52.